The molecule has 0 aliphatic rings. The Labute approximate surface area is 122 Å². The van der Waals surface area contributed by atoms with Gasteiger partial charge in [-0.1, -0.05) is 42.5 Å². The van der Waals surface area contributed by atoms with Crippen LogP contribution in [0.1, 0.15) is 5.56 Å². The lowest BCUT2D eigenvalue weighted by atomic mass is 10.0. The van der Waals surface area contributed by atoms with Crippen LogP contribution in [0.25, 0.3) is 11.1 Å². The van der Waals surface area contributed by atoms with Crippen LogP contribution in [0.3, 0.4) is 0 Å². The second-order valence-corrected chi connectivity index (χ2v) is 5.39. The van der Waals surface area contributed by atoms with Crippen molar-refractivity contribution in [2.45, 2.75) is 17.4 Å². The van der Waals surface area contributed by atoms with E-state index in [9.17, 15) is 4.79 Å². The largest absolute Gasteiger partial charge is 0.480 e. The summed E-state index contributed by atoms with van der Waals surface area (Å²) in [4.78, 5) is 12.0. The maximum Gasteiger partial charge on any atom is 0.320 e. The third-order valence-corrected chi connectivity index (χ3v) is 3.94. The number of carboxylic acid groups (broad SMARTS) is 1. The third kappa shape index (κ3) is 3.40. The zero-order valence-electron chi connectivity index (χ0n) is 11.2. The number of rotatable bonds is 5. The molecule has 0 spiro atoms. The fraction of sp³-hybridized carbons (Fsp3) is 0.188. The Morgan fingerprint density at radius 1 is 1.20 bits per heavy atom. The first-order chi connectivity index (χ1) is 9.61. The summed E-state index contributed by atoms with van der Waals surface area (Å²) in [5, 5.41) is 8.82. The average molecular weight is 287 g/mol. The molecule has 0 radical (unpaired) electrons. The predicted octanol–water partition coefficient (Wildman–Crippen LogP) is 3.03. The van der Waals surface area contributed by atoms with Crippen LogP contribution < -0.4 is 5.73 Å². The van der Waals surface area contributed by atoms with Crippen molar-refractivity contribution in [2.75, 3.05) is 6.26 Å². The lowest BCUT2D eigenvalue weighted by molar-refractivity contribution is -0.138. The molecule has 104 valence electrons. The molecular formula is C16H17NO2S. The molecule has 0 saturated carbocycles. The molecule has 3 nitrogen and oxygen atoms in total. The molecule has 0 aliphatic carbocycles. The molecule has 0 bridgehead atoms. The fourth-order valence-electron chi connectivity index (χ4n) is 2.04. The van der Waals surface area contributed by atoms with Gasteiger partial charge in [-0.15, -0.1) is 11.8 Å². The number of hydrogen-bond acceptors (Lipinski definition) is 3. The number of carboxylic acids is 1. The first kappa shape index (κ1) is 14.6. The zero-order valence-corrected chi connectivity index (χ0v) is 12.1. The van der Waals surface area contributed by atoms with Crippen LogP contribution in [-0.2, 0) is 11.2 Å². The van der Waals surface area contributed by atoms with Crippen molar-refractivity contribution < 1.29 is 9.90 Å². The van der Waals surface area contributed by atoms with E-state index in [0.29, 0.717) is 6.42 Å². The number of thioether (sulfide) groups is 1. The molecule has 2 aromatic carbocycles. The van der Waals surface area contributed by atoms with Crippen LogP contribution in [0.4, 0.5) is 0 Å². The highest BCUT2D eigenvalue weighted by molar-refractivity contribution is 7.98. The minimum atomic E-state index is -0.971. The highest BCUT2D eigenvalue weighted by Gasteiger charge is 2.12. The van der Waals surface area contributed by atoms with Gasteiger partial charge in [-0.2, -0.15) is 0 Å². The van der Waals surface area contributed by atoms with Crippen LogP contribution in [0.2, 0.25) is 0 Å². The fourth-order valence-corrected chi connectivity index (χ4v) is 2.67. The summed E-state index contributed by atoms with van der Waals surface area (Å²) < 4.78 is 0. The molecule has 3 N–H and O–H groups in total. The van der Waals surface area contributed by atoms with Crippen molar-refractivity contribution >= 4 is 17.7 Å². The number of benzene rings is 2. The van der Waals surface area contributed by atoms with Gasteiger partial charge in [-0.25, -0.2) is 0 Å². The summed E-state index contributed by atoms with van der Waals surface area (Å²) in [6.45, 7) is 0. The van der Waals surface area contributed by atoms with Crippen molar-refractivity contribution in [3.63, 3.8) is 0 Å². The van der Waals surface area contributed by atoms with E-state index in [4.69, 9.17) is 10.8 Å². The van der Waals surface area contributed by atoms with Crippen LogP contribution in [0.15, 0.2) is 53.4 Å². The highest BCUT2D eigenvalue weighted by atomic mass is 32.2. The normalized spacial score (nSPS) is 12.1. The Balaban J connectivity index is 2.22. The summed E-state index contributed by atoms with van der Waals surface area (Å²) in [6.07, 6.45) is 2.40. The second-order valence-electron chi connectivity index (χ2n) is 4.55. The van der Waals surface area contributed by atoms with Crippen LogP contribution in [0, 0.1) is 0 Å². The molecule has 0 fully saturated rings. The first-order valence-corrected chi connectivity index (χ1v) is 7.55. The summed E-state index contributed by atoms with van der Waals surface area (Å²) in [5.74, 6) is -0.971. The van der Waals surface area contributed by atoms with Gasteiger partial charge < -0.3 is 10.8 Å². The molecule has 0 amide bonds. The molecule has 0 aliphatic heterocycles. The minimum Gasteiger partial charge on any atom is -0.480 e. The number of hydrogen-bond donors (Lipinski definition) is 2. The quantitative estimate of drug-likeness (QED) is 0.830. The molecule has 0 unspecified atom stereocenters. The monoisotopic (exact) mass is 287 g/mol. The van der Waals surface area contributed by atoms with E-state index in [1.54, 1.807) is 11.8 Å². The SMILES string of the molecule is CSc1ccccc1-c1ccc(C[C@H](N)C(=O)O)cc1. The predicted molar refractivity (Wildman–Crippen MR) is 83.0 cm³/mol. The van der Waals surface area contributed by atoms with E-state index < -0.39 is 12.0 Å². The average Bonchev–Trinajstić information content (AvgIpc) is 2.48. The van der Waals surface area contributed by atoms with Gasteiger partial charge in [0, 0.05) is 4.90 Å². The lowest BCUT2D eigenvalue weighted by Crippen LogP contribution is -2.32. The van der Waals surface area contributed by atoms with Gasteiger partial charge in [0.25, 0.3) is 0 Å². The zero-order chi connectivity index (χ0) is 14.5. The third-order valence-electron chi connectivity index (χ3n) is 3.14. The molecule has 1 atom stereocenters. The highest BCUT2D eigenvalue weighted by Crippen LogP contribution is 2.30. The van der Waals surface area contributed by atoms with Crippen molar-refractivity contribution in [2.24, 2.45) is 5.73 Å². The Hall–Kier alpha value is -1.78. The van der Waals surface area contributed by atoms with Crippen LogP contribution in [-0.4, -0.2) is 23.4 Å². The Morgan fingerprint density at radius 2 is 1.85 bits per heavy atom. The summed E-state index contributed by atoms with van der Waals surface area (Å²) in [5.41, 5.74) is 8.79. The van der Waals surface area contributed by atoms with E-state index in [0.717, 1.165) is 11.1 Å². The van der Waals surface area contributed by atoms with Crippen molar-refractivity contribution in [3.8, 4) is 11.1 Å². The van der Waals surface area contributed by atoms with Gasteiger partial charge in [-0.05, 0) is 35.4 Å². The molecule has 0 aromatic heterocycles. The summed E-state index contributed by atoms with van der Waals surface area (Å²) >= 11 is 1.71. The van der Waals surface area contributed by atoms with Gasteiger partial charge in [0.15, 0.2) is 0 Å². The Kier molecular flexibility index (Phi) is 4.82. The molecule has 2 rings (SSSR count). The van der Waals surface area contributed by atoms with E-state index in [-0.39, 0.29) is 0 Å². The van der Waals surface area contributed by atoms with E-state index >= 15 is 0 Å². The van der Waals surface area contributed by atoms with Gasteiger partial charge in [-0.3, -0.25) is 4.79 Å². The Bertz CT molecular complexity index is 596. The van der Waals surface area contributed by atoms with Crippen molar-refractivity contribution in [1.29, 1.82) is 0 Å². The standard InChI is InChI=1S/C16H17NO2S/c1-20-15-5-3-2-4-13(15)12-8-6-11(7-9-12)10-14(17)16(18)19/h2-9,14H,10,17H2,1H3,(H,18,19)/t14-/m0/s1. The second kappa shape index (κ2) is 6.59. The molecular weight excluding hydrogens is 270 g/mol. The van der Waals surface area contributed by atoms with Crippen molar-refractivity contribution in [3.05, 3.63) is 54.1 Å². The van der Waals surface area contributed by atoms with E-state index in [1.807, 2.05) is 36.4 Å². The molecule has 0 heterocycles. The van der Waals surface area contributed by atoms with Crippen LogP contribution >= 0.6 is 11.8 Å². The smallest absolute Gasteiger partial charge is 0.320 e. The molecule has 20 heavy (non-hydrogen) atoms. The van der Waals surface area contributed by atoms with Crippen molar-refractivity contribution in [1.82, 2.24) is 0 Å². The van der Waals surface area contributed by atoms with Gasteiger partial charge in [0.1, 0.15) is 6.04 Å². The molecule has 4 heteroatoms. The number of aliphatic carboxylic acids is 1. The van der Waals surface area contributed by atoms with E-state index in [1.165, 1.54) is 10.5 Å². The maximum absolute atomic E-state index is 10.7. The lowest BCUT2D eigenvalue weighted by Gasteiger charge is -2.10. The molecule has 2 aromatic rings. The van der Waals surface area contributed by atoms with Gasteiger partial charge >= 0.3 is 5.97 Å². The summed E-state index contributed by atoms with van der Waals surface area (Å²) in [6, 6.07) is 15.3. The number of nitrogens with two attached hydrogens (primary N) is 1. The first-order valence-electron chi connectivity index (χ1n) is 6.32. The van der Waals surface area contributed by atoms with Gasteiger partial charge in [0.05, 0.1) is 0 Å². The van der Waals surface area contributed by atoms with Crippen LogP contribution in [0.5, 0.6) is 0 Å². The summed E-state index contributed by atoms with van der Waals surface area (Å²) in [7, 11) is 0. The van der Waals surface area contributed by atoms with Gasteiger partial charge in [0.2, 0.25) is 0 Å². The topological polar surface area (TPSA) is 63.3 Å². The van der Waals surface area contributed by atoms with E-state index in [2.05, 4.69) is 18.4 Å². The minimum absolute atomic E-state index is 0.347. The Morgan fingerprint density at radius 3 is 2.45 bits per heavy atom. The number of carbonyl (C=O) groups is 1. The molecule has 0 saturated heterocycles. The maximum atomic E-state index is 10.7.